The van der Waals surface area contributed by atoms with Gasteiger partial charge < -0.3 is 9.64 Å². The summed E-state index contributed by atoms with van der Waals surface area (Å²) in [6.45, 7) is 2.29. The maximum Gasteiger partial charge on any atom is 0.130 e. The highest BCUT2D eigenvalue weighted by Gasteiger charge is 2.44. The average Bonchev–Trinajstić information content (AvgIpc) is 3.62. The van der Waals surface area contributed by atoms with Crippen LogP contribution in [0.4, 0.5) is 17.1 Å². The first-order valence-corrected chi connectivity index (χ1v) is 20.4. The van der Waals surface area contributed by atoms with Crippen molar-refractivity contribution >= 4 is 38.6 Å². The van der Waals surface area contributed by atoms with Gasteiger partial charge in [-0.15, -0.1) is 0 Å². The molecule has 0 amide bonds. The summed E-state index contributed by atoms with van der Waals surface area (Å²) in [5, 5.41) is 5.07. The summed E-state index contributed by atoms with van der Waals surface area (Å²) in [5.74, 6) is 0.962. The fourth-order valence-corrected chi connectivity index (χ4v) is 9.35. The number of para-hydroxylation sites is 1. The minimum atomic E-state index is -0.223. The number of nitrogens with zero attached hydrogens (tertiary/aromatic N) is 1. The monoisotopic (exact) mass is 755 g/mol. The van der Waals surface area contributed by atoms with Crippen LogP contribution >= 0.6 is 0 Å². The normalized spacial score (nSPS) is 16.5. The van der Waals surface area contributed by atoms with Gasteiger partial charge in [0.05, 0.1) is 11.1 Å². The van der Waals surface area contributed by atoms with E-state index in [1.807, 2.05) is 0 Å². The highest BCUT2D eigenvalue weighted by Crippen LogP contribution is 2.51. The molecule has 0 saturated heterocycles. The Balaban J connectivity index is 1.02. The van der Waals surface area contributed by atoms with E-state index in [0.717, 1.165) is 28.4 Å². The highest BCUT2D eigenvalue weighted by atomic mass is 16.5. The van der Waals surface area contributed by atoms with Crippen LogP contribution in [0.5, 0.6) is 5.75 Å². The van der Waals surface area contributed by atoms with Crippen LogP contribution in [0, 0.1) is 0 Å². The molecule has 59 heavy (non-hydrogen) atoms. The van der Waals surface area contributed by atoms with Gasteiger partial charge in [-0.3, -0.25) is 0 Å². The largest absolute Gasteiger partial charge is 0.485 e. The molecule has 280 valence electrons. The molecule has 0 bridgehead atoms. The van der Waals surface area contributed by atoms with E-state index >= 15 is 0 Å². The summed E-state index contributed by atoms with van der Waals surface area (Å²) in [6, 6.07) is 72.7. The minimum absolute atomic E-state index is 0.00660. The zero-order valence-electron chi connectivity index (χ0n) is 32.8. The lowest BCUT2D eigenvalue weighted by Gasteiger charge is -2.29. The fourth-order valence-electron chi connectivity index (χ4n) is 9.35. The predicted molar refractivity (Wildman–Crippen MR) is 248 cm³/mol. The van der Waals surface area contributed by atoms with Crippen LogP contribution < -0.4 is 9.64 Å². The number of hydrogen-bond acceptors (Lipinski definition) is 2. The van der Waals surface area contributed by atoms with E-state index in [4.69, 9.17) is 4.74 Å². The number of ether oxygens (including phenoxy) is 1. The Bertz CT molecular complexity index is 3070. The third-order valence-corrected chi connectivity index (χ3v) is 12.4. The van der Waals surface area contributed by atoms with Gasteiger partial charge in [0.1, 0.15) is 11.9 Å². The number of rotatable bonds is 7. The number of benzene rings is 9. The molecule has 9 aromatic rings. The molecule has 1 aliphatic carbocycles. The van der Waals surface area contributed by atoms with E-state index in [1.54, 1.807) is 0 Å². The van der Waals surface area contributed by atoms with Crippen molar-refractivity contribution in [2.45, 2.75) is 18.4 Å². The molecule has 0 radical (unpaired) electrons. The van der Waals surface area contributed by atoms with Crippen LogP contribution in [0.15, 0.2) is 224 Å². The lowest BCUT2D eigenvalue weighted by molar-refractivity contribution is 0.228. The summed E-state index contributed by atoms with van der Waals surface area (Å²) in [6.07, 6.45) is 8.69. The topological polar surface area (TPSA) is 12.5 Å². The van der Waals surface area contributed by atoms with E-state index in [0.29, 0.717) is 0 Å². The lowest BCUT2D eigenvalue weighted by Crippen LogP contribution is -2.33. The second kappa shape index (κ2) is 14.2. The molecular formula is C57H41NO. The lowest BCUT2D eigenvalue weighted by atomic mass is 9.74. The van der Waals surface area contributed by atoms with Gasteiger partial charge in [0.15, 0.2) is 0 Å². The van der Waals surface area contributed by atoms with Gasteiger partial charge in [-0.1, -0.05) is 182 Å². The van der Waals surface area contributed by atoms with Gasteiger partial charge in [0.2, 0.25) is 0 Å². The van der Waals surface area contributed by atoms with Crippen LogP contribution in [0.2, 0.25) is 0 Å². The van der Waals surface area contributed by atoms with Crippen molar-refractivity contribution in [2.24, 2.45) is 0 Å². The van der Waals surface area contributed by atoms with E-state index < -0.39 is 0 Å². The molecule has 2 aliphatic rings. The second-order valence-electron chi connectivity index (χ2n) is 15.8. The molecule has 2 heteroatoms. The molecule has 0 N–H and O–H groups in total. The Kier molecular flexibility index (Phi) is 8.37. The van der Waals surface area contributed by atoms with E-state index in [-0.39, 0.29) is 11.5 Å². The fraction of sp³-hybridized carbons (Fsp3) is 0.0526. The first kappa shape index (κ1) is 34.8. The summed E-state index contributed by atoms with van der Waals surface area (Å²) in [7, 11) is 0. The third-order valence-electron chi connectivity index (χ3n) is 12.4. The van der Waals surface area contributed by atoms with Crippen molar-refractivity contribution in [3.8, 4) is 50.3 Å². The van der Waals surface area contributed by atoms with E-state index in [1.165, 1.54) is 66.1 Å². The standard InChI is InChI=1S/C57H41NO/c1-57-38-10-9-23-55(57)59-54-22-12-19-50(56(54)57)44-30-35-46(36-31-44)58(53-21-8-7-17-49(53)43-26-24-40(25-27-43)39-13-3-2-4-14-39)45-33-28-42(29-34-45)48-18-11-20-51-47-16-6-5-15-41(47)32-37-52(48)51/h2-38,55H,1H3. The zero-order valence-corrected chi connectivity index (χ0v) is 32.8. The van der Waals surface area contributed by atoms with Crippen LogP contribution in [0.1, 0.15) is 12.5 Å². The molecular weight excluding hydrogens is 715 g/mol. The zero-order chi connectivity index (χ0) is 39.3. The van der Waals surface area contributed by atoms with Crippen LogP contribution in [0.25, 0.3) is 66.1 Å². The Morgan fingerprint density at radius 3 is 1.80 bits per heavy atom. The number of hydrogen-bond donors (Lipinski definition) is 0. The van der Waals surface area contributed by atoms with Crippen LogP contribution in [-0.2, 0) is 5.41 Å². The Hall–Kier alpha value is -7.42. The van der Waals surface area contributed by atoms with Crippen molar-refractivity contribution in [1.82, 2.24) is 0 Å². The van der Waals surface area contributed by atoms with Gasteiger partial charge in [0.25, 0.3) is 0 Å². The molecule has 0 fully saturated rings. The maximum absolute atomic E-state index is 6.48. The molecule has 9 aromatic carbocycles. The molecule has 2 unspecified atom stereocenters. The molecule has 11 rings (SSSR count). The van der Waals surface area contributed by atoms with Gasteiger partial charge >= 0.3 is 0 Å². The summed E-state index contributed by atoms with van der Waals surface area (Å²) in [4.78, 5) is 2.40. The Labute approximate surface area is 345 Å². The van der Waals surface area contributed by atoms with Crippen molar-refractivity contribution in [2.75, 3.05) is 4.90 Å². The first-order chi connectivity index (χ1) is 29.1. The summed E-state index contributed by atoms with van der Waals surface area (Å²) >= 11 is 0. The number of allylic oxidation sites excluding steroid dienone is 2. The second-order valence-corrected chi connectivity index (χ2v) is 15.8. The number of fused-ring (bicyclic) bond motifs is 6. The summed E-state index contributed by atoms with van der Waals surface area (Å²) < 4.78 is 6.48. The molecule has 0 saturated carbocycles. The highest BCUT2D eigenvalue weighted by molar-refractivity contribution is 6.12. The van der Waals surface area contributed by atoms with Gasteiger partial charge in [-0.25, -0.2) is 0 Å². The quantitative estimate of drug-likeness (QED) is 0.150. The Morgan fingerprint density at radius 2 is 1.00 bits per heavy atom. The van der Waals surface area contributed by atoms with Crippen molar-refractivity contribution < 1.29 is 4.74 Å². The number of anilines is 3. The van der Waals surface area contributed by atoms with Crippen molar-refractivity contribution in [3.63, 3.8) is 0 Å². The van der Waals surface area contributed by atoms with Crippen molar-refractivity contribution in [1.29, 1.82) is 0 Å². The van der Waals surface area contributed by atoms with E-state index in [9.17, 15) is 0 Å². The smallest absolute Gasteiger partial charge is 0.130 e. The molecule has 1 aliphatic heterocycles. The van der Waals surface area contributed by atoms with Gasteiger partial charge in [-0.2, -0.15) is 0 Å². The summed E-state index contributed by atoms with van der Waals surface area (Å²) in [5.41, 5.74) is 13.8. The molecule has 2 nitrogen and oxygen atoms in total. The van der Waals surface area contributed by atoms with Gasteiger partial charge in [-0.05, 0) is 110 Å². The Morgan fingerprint density at radius 1 is 0.424 bits per heavy atom. The maximum atomic E-state index is 6.48. The van der Waals surface area contributed by atoms with Gasteiger partial charge in [0, 0.05) is 22.5 Å². The molecule has 1 heterocycles. The predicted octanol–water partition coefficient (Wildman–Crippen LogP) is 15.3. The molecule has 0 aromatic heterocycles. The third kappa shape index (κ3) is 5.96. The minimum Gasteiger partial charge on any atom is -0.485 e. The van der Waals surface area contributed by atoms with Crippen LogP contribution in [-0.4, -0.2) is 6.10 Å². The van der Waals surface area contributed by atoms with Crippen LogP contribution in [0.3, 0.4) is 0 Å². The molecule has 0 spiro atoms. The molecule has 2 atom stereocenters. The van der Waals surface area contributed by atoms with Crippen molar-refractivity contribution in [3.05, 3.63) is 230 Å². The van der Waals surface area contributed by atoms with E-state index in [2.05, 4.69) is 236 Å². The first-order valence-electron chi connectivity index (χ1n) is 20.4. The average molecular weight is 756 g/mol. The SMILES string of the molecule is CC12C=CC=CC1Oc1cccc(-c3ccc(N(c4ccc(-c5cccc6c5ccc5ccccc56)cc4)c4ccccc4-c4ccc(-c5ccccc5)cc4)cc3)c12.